The Kier molecular flexibility index (Phi) is 7.09. The summed E-state index contributed by atoms with van der Waals surface area (Å²) in [6.45, 7) is 5.64. The fraction of sp³-hybridized carbons (Fsp3) is 0.562. The summed E-state index contributed by atoms with van der Waals surface area (Å²) in [7, 11) is 4.07. The van der Waals surface area contributed by atoms with Crippen LogP contribution in [0.2, 0.25) is 0 Å². The Balaban J connectivity index is 2.35. The summed E-state index contributed by atoms with van der Waals surface area (Å²) in [6.07, 6.45) is 1.51. The van der Waals surface area contributed by atoms with Gasteiger partial charge in [0.25, 0.3) is 0 Å². The first kappa shape index (κ1) is 16.5. The van der Waals surface area contributed by atoms with Crippen LogP contribution >= 0.6 is 0 Å². The lowest BCUT2D eigenvalue weighted by Gasteiger charge is -2.17. The van der Waals surface area contributed by atoms with Gasteiger partial charge in [0.15, 0.2) is 0 Å². The number of hydrogen-bond donors (Lipinski definition) is 2. The molecule has 1 aromatic carbocycles. The highest BCUT2D eigenvalue weighted by atomic mass is 16.1. The predicted molar refractivity (Wildman–Crippen MR) is 85.1 cm³/mol. The van der Waals surface area contributed by atoms with E-state index in [0.29, 0.717) is 13.0 Å². The Labute approximate surface area is 122 Å². The monoisotopic (exact) mass is 277 g/mol. The van der Waals surface area contributed by atoms with Crippen molar-refractivity contribution in [1.29, 1.82) is 0 Å². The summed E-state index contributed by atoms with van der Waals surface area (Å²) in [5, 5.41) is 6.26. The lowest BCUT2D eigenvalue weighted by Crippen LogP contribution is -2.29. The summed E-state index contributed by atoms with van der Waals surface area (Å²) in [5.74, 6) is 0.120. The first-order valence-corrected chi connectivity index (χ1v) is 7.32. The first-order valence-electron chi connectivity index (χ1n) is 7.32. The van der Waals surface area contributed by atoms with Crippen molar-refractivity contribution >= 4 is 11.6 Å². The topological polar surface area (TPSA) is 44.4 Å². The van der Waals surface area contributed by atoms with Crippen LogP contribution in [0.15, 0.2) is 24.3 Å². The molecule has 0 aliphatic carbocycles. The van der Waals surface area contributed by atoms with Gasteiger partial charge in [-0.25, -0.2) is 0 Å². The second-order valence-electron chi connectivity index (χ2n) is 5.26. The molecule has 1 rings (SSSR count). The second kappa shape index (κ2) is 8.59. The summed E-state index contributed by atoms with van der Waals surface area (Å²) >= 11 is 0. The van der Waals surface area contributed by atoms with Gasteiger partial charge in [-0.2, -0.15) is 0 Å². The molecule has 0 saturated heterocycles. The maximum Gasteiger partial charge on any atom is 0.221 e. The average molecular weight is 277 g/mol. The number of benzene rings is 1. The molecule has 0 heterocycles. The van der Waals surface area contributed by atoms with Crippen LogP contribution in [-0.2, 0) is 4.79 Å². The van der Waals surface area contributed by atoms with E-state index in [2.05, 4.69) is 53.6 Å². The molecule has 0 aliphatic rings. The predicted octanol–water partition coefficient (Wildman–Crippen LogP) is 2.32. The van der Waals surface area contributed by atoms with Crippen molar-refractivity contribution in [3.05, 3.63) is 29.8 Å². The third-order valence-corrected chi connectivity index (χ3v) is 3.28. The molecule has 1 atom stereocenters. The number of hydrogen-bond acceptors (Lipinski definition) is 3. The molecule has 0 radical (unpaired) electrons. The lowest BCUT2D eigenvalue weighted by molar-refractivity contribution is -0.121. The van der Waals surface area contributed by atoms with E-state index in [-0.39, 0.29) is 11.9 Å². The highest BCUT2D eigenvalue weighted by Gasteiger charge is 2.06. The molecular weight excluding hydrogens is 250 g/mol. The summed E-state index contributed by atoms with van der Waals surface area (Å²) < 4.78 is 0. The SMILES string of the molecule is CCCNC(=O)CCNC(C)c1ccc(N(C)C)cc1. The lowest BCUT2D eigenvalue weighted by atomic mass is 10.1. The smallest absolute Gasteiger partial charge is 0.221 e. The van der Waals surface area contributed by atoms with Gasteiger partial charge in [0.05, 0.1) is 0 Å². The van der Waals surface area contributed by atoms with Gasteiger partial charge in [-0.1, -0.05) is 19.1 Å². The number of nitrogens with one attached hydrogen (secondary N) is 2. The summed E-state index contributed by atoms with van der Waals surface area (Å²) in [4.78, 5) is 13.6. The van der Waals surface area contributed by atoms with Crippen LogP contribution in [0.25, 0.3) is 0 Å². The van der Waals surface area contributed by atoms with Gasteiger partial charge in [0.2, 0.25) is 5.91 Å². The number of carbonyl (C=O) groups is 1. The van der Waals surface area contributed by atoms with Crippen molar-refractivity contribution in [3.8, 4) is 0 Å². The van der Waals surface area contributed by atoms with Crippen molar-refractivity contribution in [2.75, 3.05) is 32.1 Å². The number of amides is 1. The molecule has 20 heavy (non-hydrogen) atoms. The van der Waals surface area contributed by atoms with Crippen LogP contribution in [-0.4, -0.2) is 33.1 Å². The standard InChI is InChI=1S/C16H27N3O/c1-5-11-18-16(20)10-12-17-13(2)14-6-8-15(9-7-14)19(3)4/h6-9,13,17H,5,10-12H2,1-4H3,(H,18,20). The maximum absolute atomic E-state index is 11.5. The minimum absolute atomic E-state index is 0.120. The first-order chi connectivity index (χ1) is 9.54. The fourth-order valence-corrected chi connectivity index (χ4v) is 1.93. The number of nitrogens with zero attached hydrogens (tertiary/aromatic N) is 1. The highest BCUT2D eigenvalue weighted by Crippen LogP contribution is 2.17. The van der Waals surface area contributed by atoms with E-state index < -0.39 is 0 Å². The number of carbonyl (C=O) groups excluding carboxylic acids is 1. The molecule has 2 N–H and O–H groups in total. The average Bonchev–Trinajstić information content (AvgIpc) is 2.45. The molecular formula is C16H27N3O. The maximum atomic E-state index is 11.5. The van der Waals surface area contributed by atoms with Gasteiger partial charge in [0.1, 0.15) is 0 Å². The van der Waals surface area contributed by atoms with E-state index in [0.717, 1.165) is 13.0 Å². The Morgan fingerprint density at radius 3 is 2.40 bits per heavy atom. The molecule has 4 heteroatoms. The molecule has 0 bridgehead atoms. The Morgan fingerprint density at radius 2 is 1.85 bits per heavy atom. The molecule has 1 amide bonds. The van der Waals surface area contributed by atoms with Gasteiger partial charge in [-0.3, -0.25) is 4.79 Å². The Hall–Kier alpha value is -1.55. The third-order valence-electron chi connectivity index (χ3n) is 3.28. The normalized spacial score (nSPS) is 12.0. The molecule has 0 aliphatic heterocycles. The van der Waals surface area contributed by atoms with E-state index >= 15 is 0 Å². The van der Waals surface area contributed by atoms with Gasteiger partial charge < -0.3 is 15.5 Å². The third kappa shape index (κ3) is 5.61. The molecule has 0 saturated carbocycles. The Bertz CT molecular complexity index is 401. The zero-order valence-electron chi connectivity index (χ0n) is 13.1. The summed E-state index contributed by atoms with van der Waals surface area (Å²) in [5.41, 5.74) is 2.43. The van der Waals surface area contributed by atoms with Crippen molar-refractivity contribution < 1.29 is 4.79 Å². The van der Waals surface area contributed by atoms with Crippen LogP contribution in [0.3, 0.4) is 0 Å². The van der Waals surface area contributed by atoms with Crippen LogP contribution in [0.1, 0.15) is 38.3 Å². The number of rotatable bonds is 8. The highest BCUT2D eigenvalue weighted by molar-refractivity contribution is 5.75. The molecule has 0 aromatic heterocycles. The van der Waals surface area contributed by atoms with Gasteiger partial charge in [-0.15, -0.1) is 0 Å². The molecule has 112 valence electrons. The zero-order valence-corrected chi connectivity index (χ0v) is 13.1. The van der Waals surface area contributed by atoms with Crippen LogP contribution in [0, 0.1) is 0 Å². The molecule has 0 spiro atoms. The van der Waals surface area contributed by atoms with E-state index in [4.69, 9.17) is 0 Å². The molecule has 0 fully saturated rings. The van der Waals surface area contributed by atoms with Gasteiger partial charge >= 0.3 is 0 Å². The van der Waals surface area contributed by atoms with E-state index in [1.165, 1.54) is 11.3 Å². The van der Waals surface area contributed by atoms with E-state index in [1.807, 2.05) is 14.1 Å². The minimum Gasteiger partial charge on any atom is -0.378 e. The van der Waals surface area contributed by atoms with Crippen molar-refractivity contribution in [2.24, 2.45) is 0 Å². The van der Waals surface area contributed by atoms with Gasteiger partial charge in [0, 0.05) is 45.3 Å². The van der Waals surface area contributed by atoms with Crippen molar-refractivity contribution in [2.45, 2.75) is 32.7 Å². The quantitative estimate of drug-likeness (QED) is 0.766. The second-order valence-corrected chi connectivity index (χ2v) is 5.26. The van der Waals surface area contributed by atoms with Crippen LogP contribution < -0.4 is 15.5 Å². The zero-order chi connectivity index (χ0) is 15.0. The number of anilines is 1. The van der Waals surface area contributed by atoms with Crippen LogP contribution in [0.5, 0.6) is 0 Å². The van der Waals surface area contributed by atoms with Crippen molar-refractivity contribution in [1.82, 2.24) is 10.6 Å². The molecule has 1 aromatic rings. The van der Waals surface area contributed by atoms with Crippen molar-refractivity contribution in [3.63, 3.8) is 0 Å². The largest absolute Gasteiger partial charge is 0.378 e. The fourth-order valence-electron chi connectivity index (χ4n) is 1.93. The van der Waals surface area contributed by atoms with Gasteiger partial charge in [-0.05, 0) is 31.0 Å². The van der Waals surface area contributed by atoms with E-state index in [9.17, 15) is 4.79 Å². The summed E-state index contributed by atoms with van der Waals surface area (Å²) in [6, 6.07) is 8.74. The molecule has 4 nitrogen and oxygen atoms in total. The van der Waals surface area contributed by atoms with Crippen LogP contribution in [0.4, 0.5) is 5.69 Å². The van der Waals surface area contributed by atoms with E-state index in [1.54, 1.807) is 0 Å². The molecule has 1 unspecified atom stereocenters. The Morgan fingerprint density at radius 1 is 1.20 bits per heavy atom. The minimum atomic E-state index is 0.120.